The normalized spacial score (nSPS) is 10.6. The van der Waals surface area contributed by atoms with Crippen molar-refractivity contribution in [1.82, 2.24) is 9.80 Å². The number of amides is 1. The predicted octanol–water partition coefficient (Wildman–Crippen LogP) is -0.288. The fourth-order valence-electron chi connectivity index (χ4n) is 2.55. The van der Waals surface area contributed by atoms with Crippen molar-refractivity contribution < 1.29 is 44.0 Å². The summed E-state index contributed by atoms with van der Waals surface area (Å²) in [4.78, 5) is 58.5. The Morgan fingerprint density at radius 3 is 1.75 bits per heavy atom. The van der Waals surface area contributed by atoms with Crippen LogP contribution in [0.15, 0.2) is 36.9 Å². The zero-order valence-corrected chi connectivity index (χ0v) is 17.2. The van der Waals surface area contributed by atoms with Gasteiger partial charge in [0.2, 0.25) is 5.91 Å². The van der Waals surface area contributed by atoms with Crippen molar-refractivity contribution >= 4 is 35.5 Å². The van der Waals surface area contributed by atoms with Gasteiger partial charge in [-0.15, -0.1) is 0 Å². The van der Waals surface area contributed by atoms with Gasteiger partial charge in [0.05, 0.1) is 26.2 Å². The molecule has 0 bridgehead atoms. The van der Waals surface area contributed by atoms with E-state index in [9.17, 15) is 24.0 Å². The van der Waals surface area contributed by atoms with E-state index in [4.69, 9.17) is 20.1 Å². The van der Waals surface area contributed by atoms with E-state index in [0.717, 1.165) is 11.0 Å². The van der Waals surface area contributed by atoms with E-state index in [2.05, 4.69) is 11.9 Å². The number of ether oxygens (including phenoxy) is 1. The van der Waals surface area contributed by atoms with Crippen LogP contribution in [0, 0.1) is 0 Å². The first kappa shape index (κ1) is 26.3. The van der Waals surface area contributed by atoms with Crippen molar-refractivity contribution in [3.05, 3.63) is 42.5 Å². The lowest BCUT2D eigenvalue weighted by Crippen LogP contribution is -2.43. The summed E-state index contributed by atoms with van der Waals surface area (Å²) in [6.07, 6.45) is 1.13. The topological polar surface area (TPSA) is 174 Å². The maximum atomic E-state index is 12.1. The second-order valence-corrected chi connectivity index (χ2v) is 6.65. The smallest absolute Gasteiger partial charge is 0.320 e. The van der Waals surface area contributed by atoms with Gasteiger partial charge in [-0.3, -0.25) is 33.8 Å². The fraction of sp³-hybridized carbons (Fsp3) is 0.350. The first-order valence-corrected chi connectivity index (χ1v) is 9.37. The van der Waals surface area contributed by atoms with Crippen molar-refractivity contribution in [3.63, 3.8) is 0 Å². The first-order valence-electron chi connectivity index (χ1n) is 9.37. The van der Waals surface area contributed by atoms with E-state index in [1.807, 2.05) is 0 Å². The summed E-state index contributed by atoms with van der Waals surface area (Å²) < 4.78 is 5.14. The lowest BCUT2D eigenvalue weighted by Gasteiger charge is -2.24. The standard InChI is InChI=1S/C20H25N3O9/c1-2-16(24)21-15-5-3-14(4-6-15)13-32-20(31)12-23(11-19(29)30)8-7-22(9-17(25)26)10-18(27)28/h2-6H,1,7-13H2,(H,21,24)(H,25,26)(H,27,28)(H,29,30). The molecule has 0 aliphatic rings. The highest BCUT2D eigenvalue weighted by Gasteiger charge is 2.19. The van der Waals surface area contributed by atoms with Crippen LogP contribution >= 0.6 is 0 Å². The number of benzene rings is 1. The molecule has 0 heterocycles. The number of esters is 1. The number of carbonyl (C=O) groups excluding carboxylic acids is 2. The summed E-state index contributed by atoms with van der Waals surface area (Å²) in [5.74, 6) is -4.75. The lowest BCUT2D eigenvalue weighted by atomic mass is 10.2. The van der Waals surface area contributed by atoms with E-state index in [1.54, 1.807) is 24.3 Å². The third kappa shape index (κ3) is 11.4. The summed E-state index contributed by atoms with van der Waals surface area (Å²) >= 11 is 0. The Bertz CT molecular complexity index is 823. The van der Waals surface area contributed by atoms with Crippen LogP contribution in [-0.2, 0) is 35.3 Å². The zero-order valence-electron chi connectivity index (χ0n) is 17.2. The number of nitrogens with one attached hydrogen (secondary N) is 1. The number of hydrogen-bond acceptors (Lipinski definition) is 8. The molecule has 0 spiro atoms. The Hall–Kier alpha value is -3.77. The molecule has 32 heavy (non-hydrogen) atoms. The van der Waals surface area contributed by atoms with Gasteiger partial charge in [-0.25, -0.2) is 0 Å². The van der Waals surface area contributed by atoms with Crippen LogP contribution < -0.4 is 5.32 Å². The molecule has 1 aromatic carbocycles. The Morgan fingerprint density at radius 2 is 1.31 bits per heavy atom. The third-order valence-corrected chi connectivity index (χ3v) is 3.97. The van der Waals surface area contributed by atoms with Crippen molar-refractivity contribution in [2.24, 2.45) is 0 Å². The summed E-state index contributed by atoms with van der Waals surface area (Å²) in [5, 5.41) is 29.3. The van der Waals surface area contributed by atoms with Gasteiger partial charge < -0.3 is 25.4 Å². The number of anilines is 1. The maximum absolute atomic E-state index is 12.1. The Kier molecular flexibility index (Phi) is 11.1. The Balaban J connectivity index is 2.60. The molecule has 0 aromatic heterocycles. The lowest BCUT2D eigenvalue weighted by molar-refractivity contribution is -0.149. The highest BCUT2D eigenvalue weighted by molar-refractivity contribution is 5.98. The molecule has 1 amide bonds. The maximum Gasteiger partial charge on any atom is 0.320 e. The molecule has 0 radical (unpaired) electrons. The van der Waals surface area contributed by atoms with E-state index in [1.165, 1.54) is 4.90 Å². The molecule has 174 valence electrons. The molecular weight excluding hydrogens is 426 g/mol. The van der Waals surface area contributed by atoms with Gasteiger partial charge in [-0.1, -0.05) is 18.7 Å². The molecule has 12 heteroatoms. The number of carboxylic acids is 3. The van der Waals surface area contributed by atoms with Gasteiger partial charge in [0.15, 0.2) is 0 Å². The van der Waals surface area contributed by atoms with Crippen LogP contribution in [-0.4, -0.2) is 94.2 Å². The third-order valence-electron chi connectivity index (χ3n) is 3.97. The van der Waals surface area contributed by atoms with Crippen LogP contribution in [0.3, 0.4) is 0 Å². The van der Waals surface area contributed by atoms with Gasteiger partial charge in [0.25, 0.3) is 0 Å². The number of nitrogens with zero attached hydrogens (tertiary/aromatic N) is 2. The highest BCUT2D eigenvalue weighted by atomic mass is 16.5. The van der Waals surface area contributed by atoms with E-state index >= 15 is 0 Å². The van der Waals surface area contributed by atoms with Crippen LogP contribution in [0.25, 0.3) is 0 Å². The summed E-state index contributed by atoms with van der Waals surface area (Å²) in [7, 11) is 0. The minimum Gasteiger partial charge on any atom is -0.480 e. The number of hydrogen-bond donors (Lipinski definition) is 4. The predicted molar refractivity (Wildman–Crippen MR) is 111 cm³/mol. The van der Waals surface area contributed by atoms with Gasteiger partial charge in [0.1, 0.15) is 6.61 Å². The molecule has 0 unspecified atom stereocenters. The van der Waals surface area contributed by atoms with Crippen molar-refractivity contribution in [1.29, 1.82) is 0 Å². The Labute approximate surface area is 183 Å². The summed E-state index contributed by atoms with van der Waals surface area (Å²) in [5.41, 5.74) is 1.17. The van der Waals surface area contributed by atoms with Crippen LogP contribution in [0.4, 0.5) is 5.69 Å². The fourth-order valence-corrected chi connectivity index (χ4v) is 2.55. The number of carbonyl (C=O) groups is 5. The summed E-state index contributed by atoms with van der Waals surface area (Å²) in [6.45, 7) is 1.16. The monoisotopic (exact) mass is 451 g/mol. The quantitative estimate of drug-likeness (QED) is 0.204. The highest BCUT2D eigenvalue weighted by Crippen LogP contribution is 2.10. The minimum atomic E-state index is -1.23. The largest absolute Gasteiger partial charge is 0.480 e. The van der Waals surface area contributed by atoms with Gasteiger partial charge in [-0.2, -0.15) is 0 Å². The second kappa shape index (κ2) is 13.5. The molecule has 0 fully saturated rings. The van der Waals surface area contributed by atoms with E-state index < -0.39 is 43.5 Å². The van der Waals surface area contributed by atoms with Crippen LogP contribution in [0.5, 0.6) is 0 Å². The second-order valence-electron chi connectivity index (χ2n) is 6.65. The molecule has 12 nitrogen and oxygen atoms in total. The van der Waals surface area contributed by atoms with Gasteiger partial charge >= 0.3 is 23.9 Å². The molecule has 1 aromatic rings. The average molecular weight is 451 g/mol. The molecular formula is C20H25N3O9. The molecule has 4 N–H and O–H groups in total. The van der Waals surface area contributed by atoms with Gasteiger partial charge in [-0.05, 0) is 23.8 Å². The van der Waals surface area contributed by atoms with Crippen molar-refractivity contribution in [3.8, 4) is 0 Å². The number of carboxylic acid groups (broad SMARTS) is 3. The van der Waals surface area contributed by atoms with Crippen LogP contribution in [0.2, 0.25) is 0 Å². The molecule has 0 aliphatic carbocycles. The van der Waals surface area contributed by atoms with Crippen molar-refractivity contribution in [2.75, 3.05) is 44.6 Å². The van der Waals surface area contributed by atoms with E-state index in [-0.39, 0.29) is 32.1 Å². The van der Waals surface area contributed by atoms with Gasteiger partial charge in [0, 0.05) is 18.8 Å². The molecule has 0 atom stereocenters. The molecule has 1 rings (SSSR count). The average Bonchev–Trinajstić information content (AvgIpc) is 2.70. The van der Waals surface area contributed by atoms with Crippen LogP contribution in [0.1, 0.15) is 5.56 Å². The summed E-state index contributed by atoms with van der Waals surface area (Å²) in [6, 6.07) is 6.49. The SMILES string of the molecule is C=CC(=O)Nc1ccc(COC(=O)CN(CCN(CC(=O)O)CC(=O)O)CC(=O)O)cc1. The first-order chi connectivity index (χ1) is 15.1. The molecule has 0 saturated heterocycles. The number of aliphatic carboxylic acids is 3. The zero-order chi connectivity index (χ0) is 24.1. The minimum absolute atomic E-state index is 0.0559. The molecule has 0 aliphatic heterocycles. The number of rotatable bonds is 15. The van der Waals surface area contributed by atoms with Crippen molar-refractivity contribution in [2.45, 2.75) is 6.61 Å². The Morgan fingerprint density at radius 1 is 0.844 bits per heavy atom. The van der Waals surface area contributed by atoms with E-state index in [0.29, 0.717) is 11.3 Å². The molecule has 0 saturated carbocycles.